The molecule has 3 aromatic rings. The quantitative estimate of drug-likeness (QED) is 0.528. The molecule has 1 aliphatic rings. The van der Waals surface area contributed by atoms with Gasteiger partial charge in [-0.15, -0.1) is 0 Å². The third-order valence-corrected chi connectivity index (χ3v) is 6.73. The normalized spacial score (nSPS) is 16.5. The van der Waals surface area contributed by atoms with E-state index < -0.39 is 0 Å². The van der Waals surface area contributed by atoms with Crippen molar-refractivity contribution in [2.45, 2.75) is 46.1 Å². The van der Waals surface area contributed by atoms with Crippen molar-refractivity contribution in [1.29, 1.82) is 0 Å². The van der Waals surface area contributed by atoms with Crippen LogP contribution in [0.25, 0.3) is 10.2 Å². The molecule has 6 heteroatoms. The van der Waals surface area contributed by atoms with Gasteiger partial charge in [0.1, 0.15) is 0 Å². The molecule has 2 heterocycles. The van der Waals surface area contributed by atoms with Gasteiger partial charge in [0, 0.05) is 11.6 Å². The molecular formula is C23H25ClN2O2S. The fourth-order valence-corrected chi connectivity index (χ4v) is 5.28. The molecule has 0 bridgehead atoms. The zero-order chi connectivity index (χ0) is 20.5. The maximum Gasteiger partial charge on any atom is 0.233 e. The van der Waals surface area contributed by atoms with Gasteiger partial charge >= 0.3 is 0 Å². The van der Waals surface area contributed by atoms with Crippen LogP contribution in [0.1, 0.15) is 35.1 Å². The van der Waals surface area contributed by atoms with Gasteiger partial charge in [-0.05, 0) is 68.5 Å². The Morgan fingerprint density at radius 2 is 2.00 bits per heavy atom. The minimum atomic E-state index is 0.0562. The molecule has 0 N–H and O–H groups in total. The second kappa shape index (κ2) is 8.42. The van der Waals surface area contributed by atoms with Gasteiger partial charge in [0.2, 0.25) is 5.91 Å². The predicted octanol–water partition coefficient (Wildman–Crippen LogP) is 5.63. The van der Waals surface area contributed by atoms with E-state index in [9.17, 15) is 4.79 Å². The van der Waals surface area contributed by atoms with Crippen LogP contribution in [0.5, 0.6) is 0 Å². The zero-order valence-electron chi connectivity index (χ0n) is 17.0. The Balaban J connectivity index is 1.66. The summed E-state index contributed by atoms with van der Waals surface area (Å²) in [5.74, 6) is 0.0562. The van der Waals surface area contributed by atoms with Crippen molar-refractivity contribution < 1.29 is 9.53 Å². The maximum atomic E-state index is 13.4. The Kier molecular flexibility index (Phi) is 5.91. The van der Waals surface area contributed by atoms with Gasteiger partial charge in [0.15, 0.2) is 5.13 Å². The third-order valence-electron chi connectivity index (χ3n) is 5.45. The van der Waals surface area contributed by atoms with Gasteiger partial charge in [0.05, 0.1) is 29.3 Å². The number of carbonyl (C=O) groups excluding carboxylic acids is 1. The number of ether oxygens (including phenoxy) is 1. The summed E-state index contributed by atoms with van der Waals surface area (Å²) in [6.45, 7) is 7.54. The Labute approximate surface area is 180 Å². The van der Waals surface area contributed by atoms with Crippen LogP contribution in [-0.4, -0.2) is 30.1 Å². The lowest BCUT2D eigenvalue weighted by atomic mass is 9.97. The van der Waals surface area contributed by atoms with Crippen molar-refractivity contribution in [1.82, 2.24) is 4.98 Å². The summed E-state index contributed by atoms with van der Waals surface area (Å²) in [5.41, 5.74) is 5.49. The molecule has 0 aliphatic carbocycles. The number of aromatic nitrogens is 1. The van der Waals surface area contributed by atoms with E-state index >= 15 is 0 Å². The van der Waals surface area contributed by atoms with Crippen molar-refractivity contribution in [3.63, 3.8) is 0 Å². The molecule has 1 fully saturated rings. The van der Waals surface area contributed by atoms with Crippen molar-refractivity contribution >= 4 is 44.2 Å². The number of anilines is 1. The van der Waals surface area contributed by atoms with E-state index in [1.54, 1.807) is 0 Å². The average Bonchev–Trinajstić information content (AvgIpc) is 3.31. The standard InChI is InChI=1S/C23H25ClN2O2S/c1-14-9-15(2)19(16(3)10-14)12-22(27)26(13-18-5-4-8-28-18)23-25-20-7-6-17(24)11-21(20)29-23/h6-7,9-11,18H,4-5,8,12-13H2,1-3H3. The molecule has 1 atom stereocenters. The lowest BCUT2D eigenvalue weighted by Crippen LogP contribution is -2.38. The summed E-state index contributed by atoms with van der Waals surface area (Å²) in [7, 11) is 0. The fourth-order valence-electron chi connectivity index (χ4n) is 4.02. The first kappa shape index (κ1) is 20.3. The van der Waals surface area contributed by atoms with Crippen molar-refractivity contribution in [3.8, 4) is 0 Å². The van der Waals surface area contributed by atoms with Crippen LogP contribution in [0.15, 0.2) is 30.3 Å². The van der Waals surface area contributed by atoms with E-state index in [0.29, 0.717) is 23.1 Å². The summed E-state index contributed by atoms with van der Waals surface area (Å²) in [6.07, 6.45) is 2.44. The number of nitrogens with zero attached hydrogens (tertiary/aromatic N) is 2. The third kappa shape index (κ3) is 4.47. The van der Waals surface area contributed by atoms with E-state index in [0.717, 1.165) is 46.4 Å². The van der Waals surface area contributed by atoms with Gasteiger partial charge in [0.25, 0.3) is 0 Å². The molecule has 0 radical (unpaired) electrons. The fraction of sp³-hybridized carbons (Fsp3) is 0.391. The topological polar surface area (TPSA) is 42.4 Å². The van der Waals surface area contributed by atoms with Gasteiger partial charge in [-0.25, -0.2) is 4.98 Å². The van der Waals surface area contributed by atoms with Gasteiger partial charge < -0.3 is 4.74 Å². The minimum absolute atomic E-state index is 0.0562. The van der Waals surface area contributed by atoms with Crippen LogP contribution in [0.3, 0.4) is 0 Å². The first-order valence-electron chi connectivity index (χ1n) is 9.95. The molecule has 0 saturated carbocycles. The van der Waals surface area contributed by atoms with Crippen molar-refractivity contribution in [2.75, 3.05) is 18.1 Å². The Morgan fingerprint density at radius 3 is 2.69 bits per heavy atom. The smallest absolute Gasteiger partial charge is 0.233 e. The predicted molar refractivity (Wildman–Crippen MR) is 120 cm³/mol. The summed E-state index contributed by atoms with van der Waals surface area (Å²) in [5, 5.41) is 1.39. The molecule has 4 nitrogen and oxygen atoms in total. The average molecular weight is 429 g/mol. The number of halogens is 1. The minimum Gasteiger partial charge on any atom is -0.376 e. The largest absolute Gasteiger partial charge is 0.376 e. The zero-order valence-corrected chi connectivity index (χ0v) is 18.6. The number of carbonyl (C=O) groups is 1. The second-order valence-corrected chi connectivity index (χ2v) is 9.25. The highest BCUT2D eigenvalue weighted by molar-refractivity contribution is 7.22. The van der Waals surface area contributed by atoms with Crippen molar-refractivity contribution in [2.24, 2.45) is 0 Å². The first-order valence-corrected chi connectivity index (χ1v) is 11.1. The Bertz CT molecular complexity index is 1030. The molecular weight excluding hydrogens is 404 g/mol. The molecule has 29 heavy (non-hydrogen) atoms. The molecule has 4 rings (SSSR count). The van der Waals surface area contributed by atoms with Crippen LogP contribution >= 0.6 is 22.9 Å². The van der Waals surface area contributed by atoms with Gasteiger partial charge in [-0.1, -0.05) is 40.6 Å². The molecule has 1 amide bonds. The summed E-state index contributed by atoms with van der Waals surface area (Å²) in [6, 6.07) is 9.92. The number of amides is 1. The lowest BCUT2D eigenvalue weighted by Gasteiger charge is -2.24. The SMILES string of the molecule is Cc1cc(C)c(CC(=O)N(CC2CCCO2)c2nc3ccc(Cl)cc3s2)c(C)c1. The van der Waals surface area contributed by atoms with Crippen LogP contribution in [0, 0.1) is 20.8 Å². The van der Waals surface area contributed by atoms with Crippen LogP contribution < -0.4 is 4.90 Å². The summed E-state index contributed by atoms with van der Waals surface area (Å²) >= 11 is 7.65. The monoisotopic (exact) mass is 428 g/mol. The lowest BCUT2D eigenvalue weighted by molar-refractivity contribution is -0.118. The van der Waals surface area contributed by atoms with E-state index in [1.807, 2.05) is 23.1 Å². The number of thiazole rings is 1. The molecule has 0 spiro atoms. The number of hydrogen-bond acceptors (Lipinski definition) is 4. The Morgan fingerprint density at radius 1 is 1.24 bits per heavy atom. The molecule has 152 valence electrons. The number of rotatable bonds is 5. The molecule has 1 saturated heterocycles. The van der Waals surface area contributed by atoms with E-state index in [1.165, 1.54) is 16.9 Å². The van der Waals surface area contributed by atoms with Gasteiger partial charge in [-0.2, -0.15) is 0 Å². The molecule has 1 aromatic heterocycles. The number of benzene rings is 2. The molecule has 1 aliphatic heterocycles. The summed E-state index contributed by atoms with van der Waals surface area (Å²) < 4.78 is 6.81. The molecule has 2 aromatic carbocycles. The Hall–Kier alpha value is -1.95. The maximum absolute atomic E-state index is 13.4. The summed E-state index contributed by atoms with van der Waals surface area (Å²) in [4.78, 5) is 20.0. The van der Waals surface area contributed by atoms with E-state index in [2.05, 4.69) is 32.9 Å². The van der Waals surface area contributed by atoms with E-state index in [4.69, 9.17) is 21.3 Å². The second-order valence-electron chi connectivity index (χ2n) is 7.80. The number of hydrogen-bond donors (Lipinski definition) is 0. The highest BCUT2D eigenvalue weighted by Gasteiger charge is 2.27. The van der Waals surface area contributed by atoms with Crippen LogP contribution in [0.4, 0.5) is 5.13 Å². The number of fused-ring (bicyclic) bond motifs is 1. The van der Waals surface area contributed by atoms with E-state index in [-0.39, 0.29) is 12.0 Å². The van der Waals surface area contributed by atoms with Crippen LogP contribution in [-0.2, 0) is 16.0 Å². The van der Waals surface area contributed by atoms with Crippen LogP contribution in [0.2, 0.25) is 5.02 Å². The first-order chi connectivity index (χ1) is 13.9. The van der Waals surface area contributed by atoms with Crippen molar-refractivity contribution in [3.05, 3.63) is 57.6 Å². The number of aryl methyl sites for hydroxylation is 3. The van der Waals surface area contributed by atoms with Gasteiger partial charge in [-0.3, -0.25) is 9.69 Å². The molecule has 1 unspecified atom stereocenters. The highest BCUT2D eigenvalue weighted by Crippen LogP contribution is 2.32. The highest BCUT2D eigenvalue weighted by atomic mass is 35.5.